The molecular weight excluding hydrogens is 456 g/mol. The van der Waals surface area contributed by atoms with Gasteiger partial charge in [0.2, 0.25) is 11.8 Å². The molecule has 0 spiro atoms. The molecule has 4 amide bonds. The molecule has 35 heavy (non-hydrogen) atoms. The Morgan fingerprint density at radius 1 is 1.00 bits per heavy atom. The first-order chi connectivity index (χ1) is 16.8. The Labute approximate surface area is 201 Å². The van der Waals surface area contributed by atoms with E-state index in [1.165, 1.54) is 21.9 Å². The summed E-state index contributed by atoms with van der Waals surface area (Å²) in [6.07, 6.45) is -0.793. The zero-order valence-electron chi connectivity index (χ0n) is 18.9. The van der Waals surface area contributed by atoms with Crippen LogP contribution in [0.2, 0.25) is 0 Å². The van der Waals surface area contributed by atoms with Crippen LogP contribution in [0.5, 0.6) is 0 Å². The Balaban J connectivity index is 1.45. The molecule has 0 unspecified atom stereocenters. The lowest BCUT2D eigenvalue weighted by atomic mass is 10.2. The van der Waals surface area contributed by atoms with Gasteiger partial charge in [-0.1, -0.05) is 36.4 Å². The molecule has 1 saturated heterocycles. The smallest absolute Gasteiger partial charge is 0.410 e. The lowest BCUT2D eigenvalue weighted by molar-refractivity contribution is -0.138. The second-order valence-corrected chi connectivity index (χ2v) is 7.81. The van der Waals surface area contributed by atoms with E-state index in [1.807, 2.05) is 30.3 Å². The third kappa shape index (κ3) is 7.84. The molecule has 0 atom stereocenters. The van der Waals surface area contributed by atoms with Crippen molar-refractivity contribution in [1.29, 1.82) is 0 Å². The van der Waals surface area contributed by atoms with E-state index in [0.29, 0.717) is 5.69 Å². The van der Waals surface area contributed by atoms with Gasteiger partial charge in [0, 0.05) is 30.9 Å². The summed E-state index contributed by atoms with van der Waals surface area (Å²) < 4.78 is 5.25. The van der Waals surface area contributed by atoms with Crippen LogP contribution in [0, 0.1) is 0 Å². The Hall–Kier alpha value is -4.41. The fourth-order valence-electron chi connectivity index (χ4n) is 3.34. The number of hydrogen-bond acceptors (Lipinski definition) is 6. The Bertz CT molecular complexity index is 1090. The highest BCUT2D eigenvalue weighted by molar-refractivity contribution is 5.98. The summed E-state index contributed by atoms with van der Waals surface area (Å²) in [6, 6.07) is 15.3. The number of rotatable bonds is 9. The van der Waals surface area contributed by atoms with Crippen LogP contribution in [-0.4, -0.2) is 77.4 Å². The highest BCUT2D eigenvalue weighted by Gasteiger charge is 2.29. The van der Waals surface area contributed by atoms with Crippen LogP contribution < -0.4 is 10.6 Å². The number of hydrogen-bond donors (Lipinski definition) is 3. The van der Waals surface area contributed by atoms with Crippen LogP contribution in [0.25, 0.3) is 0 Å². The summed E-state index contributed by atoms with van der Waals surface area (Å²) in [5, 5.41) is 13.8. The van der Waals surface area contributed by atoms with E-state index in [0.717, 1.165) is 5.56 Å². The molecule has 1 heterocycles. The van der Waals surface area contributed by atoms with E-state index in [9.17, 15) is 24.0 Å². The van der Waals surface area contributed by atoms with Gasteiger partial charge in [0.15, 0.2) is 0 Å². The predicted octanol–water partition coefficient (Wildman–Crippen LogP) is 1.31. The maximum Gasteiger partial charge on any atom is 0.410 e. The molecule has 1 aliphatic heterocycles. The molecule has 0 aromatic heterocycles. The van der Waals surface area contributed by atoms with Crippen molar-refractivity contribution in [2.45, 2.75) is 13.0 Å². The molecule has 3 N–H and O–H groups in total. The number of carbonyl (C=O) groups excluding carboxylic acids is 4. The zero-order valence-corrected chi connectivity index (χ0v) is 18.9. The summed E-state index contributed by atoms with van der Waals surface area (Å²) in [5.74, 6) is -2.32. The van der Waals surface area contributed by atoms with Crippen molar-refractivity contribution in [3.8, 4) is 0 Å². The lowest BCUT2D eigenvalue weighted by Gasteiger charge is -2.33. The van der Waals surface area contributed by atoms with Crippen molar-refractivity contribution in [2.75, 3.05) is 38.0 Å². The maximum absolute atomic E-state index is 12.5. The van der Waals surface area contributed by atoms with Gasteiger partial charge in [-0.3, -0.25) is 24.1 Å². The van der Waals surface area contributed by atoms with Crippen LogP contribution in [0.1, 0.15) is 22.3 Å². The normalized spacial score (nSPS) is 13.2. The van der Waals surface area contributed by atoms with Gasteiger partial charge < -0.3 is 25.4 Å². The molecule has 0 aliphatic carbocycles. The van der Waals surface area contributed by atoms with Gasteiger partial charge in [0.1, 0.15) is 13.2 Å². The third-order valence-corrected chi connectivity index (χ3v) is 5.15. The van der Waals surface area contributed by atoms with E-state index in [4.69, 9.17) is 9.84 Å². The molecule has 2 aromatic carbocycles. The average molecular weight is 482 g/mol. The van der Waals surface area contributed by atoms with Gasteiger partial charge in [-0.2, -0.15) is 0 Å². The van der Waals surface area contributed by atoms with Crippen LogP contribution >= 0.6 is 0 Å². The summed E-state index contributed by atoms with van der Waals surface area (Å²) in [4.78, 5) is 62.5. The number of nitrogens with one attached hydrogen (secondary N) is 2. The van der Waals surface area contributed by atoms with Crippen molar-refractivity contribution in [3.63, 3.8) is 0 Å². The van der Waals surface area contributed by atoms with E-state index in [1.54, 1.807) is 12.1 Å². The number of piperazine rings is 1. The monoisotopic (exact) mass is 482 g/mol. The largest absolute Gasteiger partial charge is 0.481 e. The quantitative estimate of drug-likeness (QED) is 0.489. The minimum Gasteiger partial charge on any atom is -0.481 e. The van der Waals surface area contributed by atoms with E-state index >= 15 is 0 Å². The van der Waals surface area contributed by atoms with Crippen LogP contribution in [-0.2, 0) is 25.7 Å². The Kier molecular flexibility index (Phi) is 8.76. The number of aliphatic carboxylic acids is 1. The minimum atomic E-state index is -1.02. The number of benzene rings is 2. The van der Waals surface area contributed by atoms with Gasteiger partial charge in [0.05, 0.1) is 13.0 Å². The van der Waals surface area contributed by atoms with Crippen molar-refractivity contribution >= 4 is 35.5 Å². The van der Waals surface area contributed by atoms with E-state index < -0.39 is 23.9 Å². The maximum atomic E-state index is 12.5. The molecule has 1 aliphatic rings. The molecule has 0 radical (unpaired) electrons. The average Bonchev–Trinajstić information content (AvgIpc) is 2.84. The second kappa shape index (κ2) is 12.2. The number of carbonyl (C=O) groups is 5. The fourth-order valence-corrected chi connectivity index (χ4v) is 3.34. The SMILES string of the molecule is O=C(O)CCNC(=O)c1cccc(NC(=O)CN2CCN(C(=O)OCc3ccccc3)CC2=O)c1. The molecule has 0 saturated carbocycles. The first kappa shape index (κ1) is 25.2. The van der Waals surface area contributed by atoms with Gasteiger partial charge in [0.25, 0.3) is 5.91 Å². The first-order valence-corrected chi connectivity index (χ1v) is 10.9. The number of carboxylic acids is 1. The molecular formula is C24H26N4O7. The Morgan fingerprint density at radius 2 is 1.77 bits per heavy atom. The second-order valence-electron chi connectivity index (χ2n) is 7.81. The standard InChI is InChI=1S/C24H26N4O7/c29-20(26-19-8-4-7-18(13-19)23(33)25-10-9-22(31)32)14-27-11-12-28(15-21(27)30)24(34)35-16-17-5-2-1-3-6-17/h1-8,13H,9-12,14-16H2,(H,25,33)(H,26,29)(H,31,32). The minimum absolute atomic E-state index is 0.0152. The van der Waals surface area contributed by atoms with Crippen molar-refractivity contribution in [1.82, 2.24) is 15.1 Å². The predicted molar refractivity (Wildman–Crippen MR) is 124 cm³/mol. The van der Waals surface area contributed by atoms with Crippen LogP contribution in [0.3, 0.4) is 0 Å². The van der Waals surface area contributed by atoms with Gasteiger partial charge in [-0.05, 0) is 23.8 Å². The van der Waals surface area contributed by atoms with Gasteiger partial charge >= 0.3 is 12.1 Å². The van der Waals surface area contributed by atoms with Crippen LogP contribution in [0.15, 0.2) is 54.6 Å². The summed E-state index contributed by atoms with van der Waals surface area (Å²) in [6.45, 7) is 0.108. The van der Waals surface area contributed by atoms with Crippen molar-refractivity contribution in [2.24, 2.45) is 0 Å². The zero-order chi connectivity index (χ0) is 25.2. The molecule has 11 nitrogen and oxygen atoms in total. The lowest BCUT2D eigenvalue weighted by Crippen LogP contribution is -2.53. The first-order valence-electron chi connectivity index (χ1n) is 10.9. The van der Waals surface area contributed by atoms with Gasteiger partial charge in [-0.25, -0.2) is 4.79 Å². The summed E-state index contributed by atoms with van der Waals surface area (Å²) in [5.41, 5.74) is 1.45. The topological polar surface area (TPSA) is 145 Å². The molecule has 11 heteroatoms. The Morgan fingerprint density at radius 3 is 2.49 bits per heavy atom. The summed E-state index contributed by atoms with van der Waals surface area (Å²) >= 11 is 0. The third-order valence-electron chi connectivity index (χ3n) is 5.15. The molecule has 3 rings (SSSR count). The number of carboxylic acid groups (broad SMARTS) is 1. The number of ether oxygens (including phenoxy) is 1. The highest BCUT2D eigenvalue weighted by Crippen LogP contribution is 2.12. The van der Waals surface area contributed by atoms with E-state index in [-0.39, 0.29) is 57.2 Å². The summed E-state index contributed by atoms with van der Waals surface area (Å²) in [7, 11) is 0. The fraction of sp³-hybridized carbons (Fsp3) is 0.292. The molecule has 1 fully saturated rings. The molecule has 2 aromatic rings. The van der Waals surface area contributed by atoms with Crippen molar-refractivity contribution < 1.29 is 33.8 Å². The highest BCUT2D eigenvalue weighted by atomic mass is 16.6. The number of nitrogens with zero attached hydrogens (tertiary/aromatic N) is 2. The van der Waals surface area contributed by atoms with E-state index in [2.05, 4.69) is 10.6 Å². The number of amides is 4. The molecule has 184 valence electrons. The van der Waals surface area contributed by atoms with Crippen molar-refractivity contribution in [3.05, 3.63) is 65.7 Å². The van der Waals surface area contributed by atoms with Gasteiger partial charge in [-0.15, -0.1) is 0 Å². The molecule has 0 bridgehead atoms. The van der Waals surface area contributed by atoms with Crippen LogP contribution in [0.4, 0.5) is 10.5 Å². The number of anilines is 1.